The highest BCUT2D eigenvalue weighted by atomic mass is 16.1. The number of aliphatic imine (C=N–C) groups is 1. The largest absolute Gasteiger partial charge is 0.299 e. The summed E-state index contributed by atoms with van der Waals surface area (Å²) in [5, 5.41) is 0. The summed E-state index contributed by atoms with van der Waals surface area (Å²) in [4.78, 5) is 29.8. The average molecular weight is 309 g/mol. The Bertz CT molecular complexity index is 725. The molecule has 3 heteroatoms. The fourth-order valence-corrected chi connectivity index (χ4v) is 3.99. The number of allylic oxidation sites excluding steroid dienone is 2. The molecule has 0 aromatic heterocycles. The Hall–Kier alpha value is -2.03. The summed E-state index contributed by atoms with van der Waals surface area (Å²) in [6.07, 6.45) is 1.31. The van der Waals surface area contributed by atoms with E-state index in [4.69, 9.17) is 0 Å². The number of Topliss-reactive ketones (excluding diaryl/α,β-unsaturated/α-hetero) is 2. The van der Waals surface area contributed by atoms with Crippen molar-refractivity contribution in [1.29, 1.82) is 0 Å². The lowest BCUT2D eigenvalue weighted by atomic mass is 9.66. The molecule has 1 aliphatic carbocycles. The molecule has 3 nitrogen and oxygen atoms in total. The first-order valence-corrected chi connectivity index (χ1v) is 8.17. The van der Waals surface area contributed by atoms with E-state index in [0.29, 0.717) is 6.42 Å². The second-order valence-corrected chi connectivity index (χ2v) is 7.53. The zero-order chi connectivity index (χ0) is 16.8. The Labute approximate surface area is 137 Å². The van der Waals surface area contributed by atoms with E-state index in [1.54, 1.807) is 6.92 Å². The minimum Gasteiger partial charge on any atom is -0.299 e. The molecule has 0 fully saturated rings. The van der Waals surface area contributed by atoms with Crippen LogP contribution in [-0.4, -0.2) is 17.3 Å². The molecule has 23 heavy (non-hydrogen) atoms. The van der Waals surface area contributed by atoms with Gasteiger partial charge in [-0.1, -0.05) is 44.2 Å². The topological polar surface area (TPSA) is 46.5 Å². The van der Waals surface area contributed by atoms with E-state index >= 15 is 0 Å². The number of hydrogen-bond acceptors (Lipinski definition) is 3. The van der Waals surface area contributed by atoms with Crippen LogP contribution in [0.1, 0.15) is 52.0 Å². The maximum absolute atomic E-state index is 12.9. The number of carbonyl (C=O) groups is 2. The van der Waals surface area contributed by atoms with Crippen molar-refractivity contribution in [3.63, 3.8) is 0 Å². The molecule has 3 rings (SSSR count). The van der Waals surface area contributed by atoms with Gasteiger partial charge in [0.2, 0.25) is 0 Å². The number of nitrogens with zero attached hydrogens (tertiary/aromatic N) is 1. The molecular weight excluding hydrogens is 286 g/mol. The molecule has 0 saturated carbocycles. The Kier molecular flexibility index (Phi) is 3.83. The Morgan fingerprint density at radius 1 is 1.17 bits per heavy atom. The second-order valence-electron chi connectivity index (χ2n) is 7.53. The molecule has 0 saturated heterocycles. The van der Waals surface area contributed by atoms with Crippen molar-refractivity contribution in [2.24, 2.45) is 16.3 Å². The summed E-state index contributed by atoms with van der Waals surface area (Å²) < 4.78 is 0. The van der Waals surface area contributed by atoms with Crippen LogP contribution < -0.4 is 0 Å². The number of hydrogen-bond donors (Lipinski definition) is 0. The predicted molar refractivity (Wildman–Crippen MR) is 91.5 cm³/mol. The molecule has 1 heterocycles. The van der Waals surface area contributed by atoms with Gasteiger partial charge in [-0.3, -0.25) is 14.6 Å². The van der Waals surface area contributed by atoms with Crippen molar-refractivity contribution in [3.05, 3.63) is 47.2 Å². The third-order valence-electron chi connectivity index (χ3n) is 4.90. The van der Waals surface area contributed by atoms with Gasteiger partial charge in [0.05, 0.1) is 5.92 Å². The third-order valence-corrected chi connectivity index (χ3v) is 4.90. The summed E-state index contributed by atoms with van der Waals surface area (Å²) in [5.41, 5.74) is 3.44. The highest BCUT2D eigenvalue weighted by Gasteiger charge is 2.44. The number of ketones is 2. The van der Waals surface area contributed by atoms with E-state index in [1.165, 1.54) is 0 Å². The molecule has 0 spiro atoms. The monoisotopic (exact) mass is 309 g/mol. The molecule has 2 aliphatic rings. The highest BCUT2D eigenvalue weighted by Crippen LogP contribution is 2.47. The van der Waals surface area contributed by atoms with Gasteiger partial charge in [-0.25, -0.2) is 0 Å². The smallest absolute Gasteiger partial charge is 0.161 e. The molecule has 1 aliphatic heterocycles. The summed E-state index contributed by atoms with van der Waals surface area (Å²) in [6.45, 7) is 7.72. The van der Waals surface area contributed by atoms with Crippen molar-refractivity contribution >= 4 is 17.3 Å². The molecule has 0 N–H and O–H groups in total. The van der Waals surface area contributed by atoms with Crippen molar-refractivity contribution < 1.29 is 9.59 Å². The molecular formula is C20H23NO2. The summed E-state index contributed by atoms with van der Waals surface area (Å²) >= 11 is 0. The van der Waals surface area contributed by atoms with Crippen LogP contribution in [0.3, 0.4) is 0 Å². The van der Waals surface area contributed by atoms with Crippen LogP contribution >= 0.6 is 0 Å². The normalized spacial score (nSPS) is 26.6. The lowest BCUT2D eigenvalue weighted by Crippen LogP contribution is -2.38. The average Bonchev–Trinajstić information content (AvgIpc) is 2.44. The van der Waals surface area contributed by atoms with E-state index < -0.39 is 0 Å². The quantitative estimate of drug-likeness (QED) is 0.826. The number of carbonyl (C=O) groups excluding carboxylic acids is 2. The molecule has 1 aromatic carbocycles. The lowest BCUT2D eigenvalue weighted by Gasteiger charge is -2.39. The van der Waals surface area contributed by atoms with Gasteiger partial charge in [0.1, 0.15) is 5.78 Å². The van der Waals surface area contributed by atoms with Gasteiger partial charge < -0.3 is 0 Å². The minimum atomic E-state index is -0.332. The van der Waals surface area contributed by atoms with Crippen LogP contribution in [0.25, 0.3) is 0 Å². The standard InChI is InChI=1S/C20H23NO2/c1-12-17(13(2)22)18(14-8-6-5-7-9-14)19-15(21-12)10-20(3,4)11-16(19)23/h5-9,17-18H,10-11H2,1-4H3. The zero-order valence-electron chi connectivity index (χ0n) is 14.2. The fourth-order valence-electron chi connectivity index (χ4n) is 3.99. The van der Waals surface area contributed by atoms with Crippen LogP contribution in [0.2, 0.25) is 0 Å². The van der Waals surface area contributed by atoms with E-state index in [-0.39, 0.29) is 28.8 Å². The second kappa shape index (κ2) is 5.55. The zero-order valence-corrected chi connectivity index (χ0v) is 14.2. The van der Waals surface area contributed by atoms with Crippen molar-refractivity contribution in [2.45, 2.75) is 46.5 Å². The van der Waals surface area contributed by atoms with E-state index in [9.17, 15) is 9.59 Å². The maximum Gasteiger partial charge on any atom is 0.161 e. The third kappa shape index (κ3) is 2.80. The Morgan fingerprint density at radius 2 is 1.83 bits per heavy atom. The first-order valence-electron chi connectivity index (χ1n) is 8.17. The summed E-state index contributed by atoms with van der Waals surface area (Å²) in [5.74, 6) is -0.303. The summed E-state index contributed by atoms with van der Waals surface area (Å²) in [6, 6.07) is 9.90. The molecule has 1 aromatic rings. The van der Waals surface area contributed by atoms with Crippen molar-refractivity contribution in [3.8, 4) is 0 Å². The van der Waals surface area contributed by atoms with Gasteiger partial charge in [-0.05, 0) is 31.2 Å². The molecule has 2 atom stereocenters. The predicted octanol–water partition coefficient (Wildman–Crippen LogP) is 4.09. The van der Waals surface area contributed by atoms with Crippen LogP contribution in [-0.2, 0) is 9.59 Å². The van der Waals surface area contributed by atoms with E-state index in [1.807, 2.05) is 37.3 Å². The van der Waals surface area contributed by atoms with Crippen LogP contribution in [0.15, 0.2) is 46.6 Å². The fraction of sp³-hybridized carbons (Fsp3) is 0.450. The molecule has 2 unspecified atom stereocenters. The summed E-state index contributed by atoms with van der Waals surface area (Å²) in [7, 11) is 0. The van der Waals surface area contributed by atoms with Gasteiger partial charge in [0, 0.05) is 29.3 Å². The maximum atomic E-state index is 12.9. The molecule has 0 amide bonds. The van der Waals surface area contributed by atoms with Crippen molar-refractivity contribution in [2.75, 3.05) is 0 Å². The van der Waals surface area contributed by atoms with Gasteiger partial charge in [-0.2, -0.15) is 0 Å². The highest BCUT2D eigenvalue weighted by molar-refractivity contribution is 6.10. The SMILES string of the molecule is CC(=O)C1C(C)=NC2=C(C(=O)CC(C)(C)C2)C1c1ccccc1. The molecule has 0 radical (unpaired) electrons. The molecule has 0 bridgehead atoms. The van der Waals surface area contributed by atoms with Crippen LogP contribution in [0, 0.1) is 11.3 Å². The van der Waals surface area contributed by atoms with Gasteiger partial charge >= 0.3 is 0 Å². The van der Waals surface area contributed by atoms with Gasteiger partial charge in [-0.15, -0.1) is 0 Å². The lowest BCUT2D eigenvalue weighted by molar-refractivity contribution is -0.120. The van der Waals surface area contributed by atoms with Crippen LogP contribution in [0.5, 0.6) is 0 Å². The first kappa shape index (κ1) is 15.9. The first-order chi connectivity index (χ1) is 10.8. The van der Waals surface area contributed by atoms with Gasteiger partial charge in [0.25, 0.3) is 0 Å². The van der Waals surface area contributed by atoms with Crippen molar-refractivity contribution in [1.82, 2.24) is 0 Å². The number of benzene rings is 1. The van der Waals surface area contributed by atoms with E-state index in [0.717, 1.165) is 29.0 Å². The molecule has 120 valence electrons. The van der Waals surface area contributed by atoms with Gasteiger partial charge in [0.15, 0.2) is 5.78 Å². The Balaban J connectivity index is 2.20. The Morgan fingerprint density at radius 3 is 2.43 bits per heavy atom. The van der Waals surface area contributed by atoms with E-state index in [2.05, 4.69) is 18.8 Å². The number of rotatable bonds is 2. The van der Waals surface area contributed by atoms with Crippen LogP contribution in [0.4, 0.5) is 0 Å². The minimum absolute atomic E-state index is 0.0655.